The van der Waals surface area contributed by atoms with Gasteiger partial charge in [0.1, 0.15) is 0 Å². The SMILES string of the molecule is CC(CCS(C)=O)NC(=O)C(F)F. The Morgan fingerprint density at radius 1 is 1.54 bits per heavy atom. The van der Waals surface area contributed by atoms with E-state index in [2.05, 4.69) is 5.32 Å². The third-order valence-electron chi connectivity index (χ3n) is 1.43. The van der Waals surface area contributed by atoms with Crippen LogP contribution < -0.4 is 5.32 Å². The lowest BCUT2D eigenvalue weighted by molar-refractivity contribution is -0.132. The molecule has 0 aromatic heterocycles. The molecule has 0 aromatic rings. The van der Waals surface area contributed by atoms with Crippen molar-refractivity contribution in [1.29, 1.82) is 0 Å². The summed E-state index contributed by atoms with van der Waals surface area (Å²) in [6.45, 7) is 1.60. The second-order valence-electron chi connectivity index (χ2n) is 2.78. The highest BCUT2D eigenvalue weighted by atomic mass is 32.2. The summed E-state index contributed by atoms with van der Waals surface area (Å²) in [5.74, 6) is -0.862. The van der Waals surface area contributed by atoms with Crippen molar-refractivity contribution in [1.82, 2.24) is 5.32 Å². The molecule has 0 spiro atoms. The maximum Gasteiger partial charge on any atom is 0.315 e. The normalized spacial score (nSPS) is 15.5. The summed E-state index contributed by atoms with van der Waals surface area (Å²) in [4.78, 5) is 10.5. The number of amides is 1. The fourth-order valence-electron chi connectivity index (χ4n) is 0.721. The highest BCUT2D eigenvalue weighted by Crippen LogP contribution is 1.96. The van der Waals surface area contributed by atoms with Gasteiger partial charge < -0.3 is 5.32 Å². The molecule has 6 heteroatoms. The lowest BCUT2D eigenvalue weighted by Crippen LogP contribution is -2.37. The van der Waals surface area contributed by atoms with E-state index in [1.54, 1.807) is 6.92 Å². The molecule has 0 saturated heterocycles. The monoisotopic (exact) mass is 213 g/mol. The molecule has 0 fully saturated rings. The fourth-order valence-corrected chi connectivity index (χ4v) is 1.41. The Morgan fingerprint density at radius 2 is 2.08 bits per heavy atom. The summed E-state index contributed by atoms with van der Waals surface area (Å²) >= 11 is 0. The van der Waals surface area contributed by atoms with Gasteiger partial charge in [-0.15, -0.1) is 0 Å². The molecule has 0 heterocycles. The first-order chi connectivity index (χ1) is 5.93. The smallest absolute Gasteiger partial charge is 0.315 e. The van der Waals surface area contributed by atoms with Crippen molar-refractivity contribution in [2.24, 2.45) is 0 Å². The van der Waals surface area contributed by atoms with Gasteiger partial charge in [-0.05, 0) is 13.3 Å². The van der Waals surface area contributed by atoms with E-state index in [0.717, 1.165) is 0 Å². The Kier molecular flexibility index (Phi) is 5.77. The molecule has 3 nitrogen and oxygen atoms in total. The molecular weight excluding hydrogens is 200 g/mol. The van der Waals surface area contributed by atoms with Gasteiger partial charge in [0.05, 0.1) is 0 Å². The highest BCUT2D eigenvalue weighted by molar-refractivity contribution is 7.84. The second kappa shape index (κ2) is 6.01. The maximum absolute atomic E-state index is 11.7. The van der Waals surface area contributed by atoms with Crippen LogP contribution >= 0.6 is 0 Å². The molecule has 0 aliphatic heterocycles. The average molecular weight is 213 g/mol. The summed E-state index contributed by atoms with van der Waals surface area (Å²) in [5.41, 5.74) is 0. The standard InChI is InChI=1S/C7H13F2NO2S/c1-5(3-4-13(2)12)10-7(11)6(8)9/h5-6H,3-4H2,1-2H3,(H,10,11). The zero-order valence-electron chi connectivity index (χ0n) is 7.55. The minimum absolute atomic E-state index is 0.356. The van der Waals surface area contributed by atoms with Gasteiger partial charge in [0.2, 0.25) is 0 Å². The Balaban J connectivity index is 3.68. The Bertz CT molecular complexity index is 199. The number of carbonyl (C=O) groups excluding carboxylic acids is 1. The number of hydrogen-bond acceptors (Lipinski definition) is 2. The van der Waals surface area contributed by atoms with Gasteiger partial charge in [-0.2, -0.15) is 8.78 Å². The van der Waals surface area contributed by atoms with Crippen LogP contribution in [0.5, 0.6) is 0 Å². The molecule has 0 radical (unpaired) electrons. The van der Waals surface area contributed by atoms with Crippen LogP contribution in [0.15, 0.2) is 0 Å². The largest absolute Gasteiger partial charge is 0.349 e. The van der Waals surface area contributed by atoms with Crippen molar-refractivity contribution < 1.29 is 17.8 Å². The lowest BCUT2D eigenvalue weighted by Gasteiger charge is -2.12. The third kappa shape index (κ3) is 6.62. The number of alkyl halides is 2. The van der Waals surface area contributed by atoms with Crippen molar-refractivity contribution in [3.63, 3.8) is 0 Å². The van der Waals surface area contributed by atoms with Gasteiger partial charge in [-0.25, -0.2) is 0 Å². The predicted molar refractivity (Wildman–Crippen MR) is 47.2 cm³/mol. The van der Waals surface area contributed by atoms with Gasteiger partial charge in [-0.3, -0.25) is 9.00 Å². The molecule has 0 bridgehead atoms. The van der Waals surface area contributed by atoms with Crippen LogP contribution in [0.1, 0.15) is 13.3 Å². The number of nitrogens with one attached hydrogen (secondary N) is 1. The molecule has 1 N–H and O–H groups in total. The molecule has 78 valence electrons. The van der Waals surface area contributed by atoms with Gasteiger partial charge in [0.15, 0.2) is 0 Å². The average Bonchev–Trinajstić information content (AvgIpc) is 2.00. The first-order valence-electron chi connectivity index (χ1n) is 3.82. The fraction of sp³-hybridized carbons (Fsp3) is 0.857. The number of rotatable bonds is 5. The molecule has 0 aliphatic rings. The molecule has 13 heavy (non-hydrogen) atoms. The van der Waals surface area contributed by atoms with Crippen LogP contribution in [0.3, 0.4) is 0 Å². The molecular formula is C7H13F2NO2S. The third-order valence-corrected chi connectivity index (χ3v) is 2.24. The van der Waals surface area contributed by atoms with E-state index < -0.39 is 23.1 Å². The second-order valence-corrected chi connectivity index (χ2v) is 4.33. The summed E-state index contributed by atoms with van der Waals surface area (Å²) < 4.78 is 34.0. The van der Waals surface area contributed by atoms with Gasteiger partial charge >= 0.3 is 6.43 Å². The van der Waals surface area contributed by atoms with Crippen LogP contribution in [0.25, 0.3) is 0 Å². The van der Waals surface area contributed by atoms with E-state index in [9.17, 15) is 17.8 Å². The van der Waals surface area contributed by atoms with Crippen LogP contribution in [0.2, 0.25) is 0 Å². The summed E-state index contributed by atoms with van der Waals surface area (Å²) in [7, 11) is -0.950. The zero-order valence-corrected chi connectivity index (χ0v) is 8.37. The van der Waals surface area contributed by atoms with Crippen molar-refractivity contribution in [2.75, 3.05) is 12.0 Å². The van der Waals surface area contributed by atoms with E-state index in [4.69, 9.17) is 0 Å². The minimum Gasteiger partial charge on any atom is -0.349 e. The van der Waals surface area contributed by atoms with Gasteiger partial charge in [0, 0.05) is 28.9 Å². The van der Waals surface area contributed by atoms with Crippen molar-refractivity contribution >= 4 is 16.7 Å². The van der Waals surface area contributed by atoms with E-state index in [0.29, 0.717) is 12.2 Å². The molecule has 0 aromatic carbocycles. The summed E-state index contributed by atoms with van der Waals surface area (Å²) in [5, 5.41) is 2.11. The first kappa shape index (κ1) is 12.5. The minimum atomic E-state index is -2.98. The number of halogens is 2. The van der Waals surface area contributed by atoms with Crippen molar-refractivity contribution in [2.45, 2.75) is 25.8 Å². The highest BCUT2D eigenvalue weighted by Gasteiger charge is 2.16. The number of hydrogen-bond donors (Lipinski definition) is 1. The van der Waals surface area contributed by atoms with Gasteiger partial charge in [0.25, 0.3) is 5.91 Å². The maximum atomic E-state index is 11.7. The lowest BCUT2D eigenvalue weighted by atomic mass is 10.2. The van der Waals surface area contributed by atoms with Crippen LogP contribution in [0, 0.1) is 0 Å². The quantitative estimate of drug-likeness (QED) is 0.724. The first-order valence-corrected chi connectivity index (χ1v) is 5.54. The zero-order chi connectivity index (χ0) is 10.4. The summed E-state index contributed by atoms with van der Waals surface area (Å²) in [6.07, 6.45) is -1.00. The van der Waals surface area contributed by atoms with Crippen molar-refractivity contribution in [3.8, 4) is 0 Å². The van der Waals surface area contributed by atoms with E-state index >= 15 is 0 Å². The molecule has 1 amide bonds. The molecule has 0 rings (SSSR count). The predicted octanol–water partition coefficient (Wildman–Crippen LogP) is 0.525. The van der Waals surface area contributed by atoms with E-state index in [1.165, 1.54) is 6.26 Å². The van der Waals surface area contributed by atoms with Crippen LogP contribution in [-0.2, 0) is 15.6 Å². The van der Waals surface area contributed by atoms with E-state index in [1.807, 2.05) is 0 Å². The topological polar surface area (TPSA) is 46.2 Å². The molecule has 0 aliphatic carbocycles. The Hall–Kier alpha value is -0.520. The Labute approximate surface area is 78.3 Å². The molecule has 0 saturated carbocycles. The van der Waals surface area contributed by atoms with Crippen LogP contribution in [-0.4, -0.2) is 34.6 Å². The van der Waals surface area contributed by atoms with Crippen molar-refractivity contribution in [3.05, 3.63) is 0 Å². The molecule has 2 atom stereocenters. The number of carbonyl (C=O) groups is 1. The van der Waals surface area contributed by atoms with Gasteiger partial charge in [-0.1, -0.05) is 0 Å². The summed E-state index contributed by atoms with van der Waals surface area (Å²) in [6, 6.07) is -0.356. The van der Waals surface area contributed by atoms with E-state index in [-0.39, 0.29) is 6.04 Å². The Morgan fingerprint density at radius 3 is 2.46 bits per heavy atom. The van der Waals surface area contributed by atoms with Crippen LogP contribution in [0.4, 0.5) is 8.78 Å². The molecule has 2 unspecified atom stereocenters.